The van der Waals surface area contributed by atoms with Crippen LogP contribution in [0.4, 0.5) is 13.2 Å². The Hall–Kier alpha value is -2.08. The zero-order chi connectivity index (χ0) is 17.6. The summed E-state index contributed by atoms with van der Waals surface area (Å²) in [6, 6.07) is 9.40. The highest BCUT2D eigenvalue weighted by Gasteiger charge is 2.42. The first kappa shape index (κ1) is 16.8. The van der Waals surface area contributed by atoms with Crippen LogP contribution in [0.5, 0.6) is 0 Å². The van der Waals surface area contributed by atoms with Crippen molar-refractivity contribution in [2.45, 2.75) is 12.6 Å². The molecule has 1 atom stereocenters. The molecule has 0 N–H and O–H groups in total. The molecule has 0 fully saturated rings. The fourth-order valence-electron chi connectivity index (χ4n) is 2.85. The fraction of sp³-hybridized carbons (Fsp3) is 0.167. The molecule has 3 aromatic carbocycles. The van der Waals surface area contributed by atoms with E-state index in [1.807, 2.05) is 6.07 Å². The number of benzene rings is 3. The maximum atomic E-state index is 14.9. The van der Waals surface area contributed by atoms with Crippen LogP contribution in [0.3, 0.4) is 0 Å². The van der Waals surface area contributed by atoms with Crippen LogP contribution in [0.15, 0.2) is 40.9 Å². The predicted molar refractivity (Wildman–Crippen MR) is 89.5 cm³/mol. The molecule has 0 spiro atoms. The maximum Gasteiger partial charge on any atom is 0.348 e. The van der Waals surface area contributed by atoms with E-state index in [9.17, 15) is 18.0 Å². The largest absolute Gasteiger partial charge is 0.466 e. The Bertz CT molecular complexity index is 983. The summed E-state index contributed by atoms with van der Waals surface area (Å²) in [4.78, 5) is 11.6. The van der Waals surface area contributed by atoms with Gasteiger partial charge in [-0.3, -0.25) is 0 Å². The average molecular weight is 397 g/mol. The van der Waals surface area contributed by atoms with Crippen LogP contribution in [0, 0.1) is 11.6 Å². The van der Waals surface area contributed by atoms with Gasteiger partial charge in [-0.15, -0.1) is 0 Å². The van der Waals surface area contributed by atoms with E-state index >= 15 is 0 Å². The molecule has 0 amide bonds. The summed E-state index contributed by atoms with van der Waals surface area (Å²) in [7, 11) is 0.960. The lowest BCUT2D eigenvalue weighted by molar-refractivity contribution is -0.154. The van der Waals surface area contributed by atoms with Gasteiger partial charge in [-0.25, -0.2) is 18.0 Å². The first-order chi connectivity index (χ1) is 11.3. The number of halogens is 4. The molecule has 6 heteroatoms. The van der Waals surface area contributed by atoms with E-state index in [-0.39, 0.29) is 5.39 Å². The van der Waals surface area contributed by atoms with E-state index in [1.54, 1.807) is 18.2 Å². The molecule has 0 radical (unpaired) electrons. The number of carbonyl (C=O) groups is 1. The van der Waals surface area contributed by atoms with Gasteiger partial charge in [-0.2, -0.15) is 0 Å². The van der Waals surface area contributed by atoms with Gasteiger partial charge in [0.1, 0.15) is 11.6 Å². The number of fused-ring (bicyclic) bond motifs is 3. The number of hydrogen-bond donors (Lipinski definition) is 0. The van der Waals surface area contributed by atoms with Gasteiger partial charge < -0.3 is 4.74 Å². The monoisotopic (exact) mass is 396 g/mol. The summed E-state index contributed by atoms with van der Waals surface area (Å²) in [5, 5.41) is 1.72. The number of esters is 1. The van der Waals surface area contributed by atoms with E-state index in [1.165, 1.54) is 6.07 Å². The summed E-state index contributed by atoms with van der Waals surface area (Å²) in [6.45, 7) is 0.782. The molecule has 0 saturated heterocycles. The van der Waals surface area contributed by atoms with Gasteiger partial charge in [0.05, 0.1) is 12.7 Å². The summed E-state index contributed by atoms with van der Waals surface area (Å²) >= 11 is 3.39. The molecule has 124 valence electrons. The van der Waals surface area contributed by atoms with Crippen LogP contribution < -0.4 is 0 Å². The number of methoxy groups -OCH3 is 1. The van der Waals surface area contributed by atoms with Crippen molar-refractivity contribution in [3.8, 4) is 0 Å². The zero-order valence-electron chi connectivity index (χ0n) is 12.8. The van der Waals surface area contributed by atoms with Crippen LogP contribution in [0.2, 0.25) is 0 Å². The highest BCUT2D eigenvalue weighted by molar-refractivity contribution is 9.10. The molecule has 0 unspecified atom stereocenters. The van der Waals surface area contributed by atoms with Crippen LogP contribution in [0.1, 0.15) is 12.5 Å². The summed E-state index contributed by atoms with van der Waals surface area (Å²) in [6.07, 6.45) is 0. The number of alkyl halides is 1. The standard InChI is InChI=1S/C18H12BrF3O2/c1-18(22,17(23)24-2)15-14(20)8-12-9-4-3-5-13(19)10(9)6-7-11(12)16(15)21/h3-8H,1-2H3/t18-/m1/s1. The van der Waals surface area contributed by atoms with E-state index in [2.05, 4.69) is 20.7 Å². The maximum absolute atomic E-state index is 14.9. The first-order valence-corrected chi connectivity index (χ1v) is 7.85. The van der Waals surface area contributed by atoms with Crippen molar-refractivity contribution < 1.29 is 22.7 Å². The Labute approximate surface area is 144 Å². The summed E-state index contributed by atoms with van der Waals surface area (Å²) in [5.74, 6) is -3.60. The van der Waals surface area contributed by atoms with E-state index < -0.39 is 28.8 Å². The van der Waals surface area contributed by atoms with Gasteiger partial charge in [0, 0.05) is 9.86 Å². The van der Waals surface area contributed by atoms with Crippen LogP contribution in [-0.4, -0.2) is 13.1 Å². The molecule has 0 heterocycles. The second kappa shape index (κ2) is 5.77. The number of hydrogen-bond acceptors (Lipinski definition) is 2. The second-order valence-electron chi connectivity index (χ2n) is 5.54. The molecule has 24 heavy (non-hydrogen) atoms. The van der Waals surface area contributed by atoms with Crippen molar-refractivity contribution in [3.05, 3.63) is 58.1 Å². The quantitative estimate of drug-likeness (QED) is 0.428. The van der Waals surface area contributed by atoms with Crippen molar-refractivity contribution >= 4 is 43.4 Å². The Kier molecular flexibility index (Phi) is 4.03. The van der Waals surface area contributed by atoms with Crippen molar-refractivity contribution in [3.63, 3.8) is 0 Å². The molecule has 0 saturated carbocycles. The zero-order valence-corrected chi connectivity index (χ0v) is 14.4. The van der Waals surface area contributed by atoms with Crippen LogP contribution in [-0.2, 0) is 15.2 Å². The topological polar surface area (TPSA) is 26.3 Å². The Morgan fingerprint density at radius 1 is 1.08 bits per heavy atom. The molecule has 0 aromatic heterocycles. The third kappa shape index (κ3) is 2.36. The highest BCUT2D eigenvalue weighted by atomic mass is 79.9. The van der Waals surface area contributed by atoms with Crippen molar-refractivity contribution in [1.82, 2.24) is 0 Å². The SMILES string of the molecule is COC(=O)[C@](C)(F)c1c(F)cc2c(ccc3c(Br)cccc32)c1F. The summed E-state index contributed by atoms with van der Waals surface area (Å²) in [5.41, 5.74) is -3.88. The van der Waals surface area contributed by atoms with Crippen molar-refractivity contribution in [2.24, 2.45) is 0 Å². The molecule has 3 aromatic rings. The Morgan fingerprint density at radius 2 is 1.75 bits per heavy atom. The van der Waals surface area contributed by atoms with Crippen molar-refractivity contribution in [1.29, 1.82) is 0 Å². The minimum atomic E-state index is -2.93. The normalized spacial score (nSPS) is 13.9. The van der Waals surface area contributed by atoms with E-state index in [0.717, 1.165) is 30.0 Å². The molecular weight excluding hydrogens is 385 g/mol. The lowest BCUT2D eigenvalue weighted by atomic mass is 9.92. The van der Waals surface area contributed by atoms with Crippen LogP contribution >= 0.6 is 15.9 Å². The van der Waals surface area contributed by atoms with Gasteiger partial charge in [0.25, 0.3) is 0 Å². The smallest absolute Gasteiger partial charge is 0.348 e. The van der Waals surface area contributed by atoms with Gasteiger partial charge in [0.15, 0.2) is 0 Å². The molecule has 2 nitrogen and oxygen atoms in total. The number of ether oxygens (including phenoxy) is 1. The fourth-order valence-corrected chi connectivity index (χ4v) is 3.35. The third-order valence-corrected chi connectivity index (χ3v) is 4.75. The molecule has 0 aliphatic heterocycles. The highest BCUT2D eigenvalue weighted by Crippen LogP contribution is 2.38. The van der Waals surface area contributed by atoms with Gasteiger partial charge in [-0.05, 0) is 35.2 Å². The van der Waals surface area contributed by atoms with Crippen LogP contribution in [0.25, 0.3) is 21.5 Å². The minimum Gasteiger partial charge on any atom is -0.466 e. The Morgan fingerprint density at radius 3 is 2.42 bits per heavy atom. The predicted octanol–water partition coefficient (Wildman–Crippen LogP) is 5.39. The second-order valence-corrected chi connectivity index (χ2v) is 6.39. The molecule has 0 aliphatic carbocycles. The summed E-state index contributed by atoms with van der Waals surface area (Å²) < 4.78 is 49.1. The molecule has 0 aliphatic rings. The van der Waals surface area contributed by atoms with Crippen molar-refractivity contribution in [2.75, 3.05) is 7.11 Å². The van der Waals surface area contributed by atoms with Gasteiger partial charge >= 0.3 is 5.97 Å². The lowest BCUT2D eigenvalue weighted by Crippen LogP contribution is -2.31. The third-order valence-electron chi connectivity index (χ3n) is 4.05. The average Bonchev–Trinajstić information content (AvgIpc) is 2.54. The first-order valence-electron chi connectivity index (χ1n) is 7.05. The Balaban J connectivity index is 2.41. The molecule has 0 bridgehead atoms. The van der Waals surface area contributed by atoms with Gasteiger partial charge in [-0.1, -0.05) is 40.2 Å². The minimum absolute atomic E-state index is 0.0322. The van der Waals surface area contributed by atoms with E-state index in [0.29, 0.717) is 10.8 Å². The lowest BCUT2D eigenvalue weighted by Gasteiger charge is -2.20. The number of rotatable bonds is 2. The van der Waals surface area contributed by atoms with Gasteiger partial charge in [0.2, 0.25) is 5.67 Å². The molecule has 3 rings (SSSR count). The molecular formula is C18H12BrF3O2. The van der Waals surface area contributed by atoms with E-state index in [4.69, 9.17) is 0 Å². The number of carbonyl (C=O) groups excluding carboxylic acids is 1.